The molecule has 0 aliphatic carbocycles. The summed E-state index contributed by atoms with van der Waals surface area (Å²) in [6, 6.07) is 14.9. The number of benzene rings is 3. The molecule has 0 fully saturated rings. The van der Waals surface area contributed by atoms with E-state index in [1.807, 2.05) is 30.3 Å². The SMILES string of the molecule is COc1ccc(OC)c2c(OC)c(COC(=O)C=Cc3ccccc3)cc(OC)c12. The first kappa shape index (κ1) is 21.0. The average molecular weight is 408 g/mol. The lowest BCUT2D eigenvalue weighted by Gasteiger charge is -2.18. The predicted molar refractivity (Wildman–Crippen MR) is 115 cm³/mol. The molecule has 0 heterocycles. The lowest BCUT2D eigenvalue weighted by atomic mass is 10.0. The topological polar surface area (TPSA) is 63.2 Å². The molecule has 0 N–H and O–H groups in total. The van der Waals surface area contributed by atoms with Crippen molar-refractivity contribution in [3.8, 4) is 23.0 Å². The van der Waals surface area contributed by atoms with E-state index in [1.165, 1.54) is 6.08 Å². The minimum absolute atomic E-state index is 0.00774. The van der Waals surface area contributed by atoms with Crippen LogP contribution in [0.15, 0.2) is 54.6 Å². The summed E-state index contributed by atoms with van der Waals surface area (Å²) in [5, 5.41) is 1.40. The van der Waals surface area contributed by atoms with Crippen molar-refractivity contribution in [1.82, 2.24) is 0 Å². The molecule has 0 aliphatic heterocycles. The molecular weight excluding hydrogens is 384 g/mol. The average Bonchev–Trinajstić information content (AvgIpc) is 2.80. The highest BCUT2D eigenvalue weighted by Crippen LogP contribution is 2.46. The highest BCUT2D eigenvalue weighted by molar-refractivity contribution is 6.03. The number of fused-ring (bicyclic) bond motifs is 1. The van der Waals surface area contributed by atoms with E-state index in [2.05, 4.69) is 0 Å². The van der Waals surface area contributed by atoms with Crippen LogP contribution in [0.25, 0.3) is 16.8 Å². The zero-order valence-corrected chi connectivity index (χ0v) is 17.4. The molecule has 6 heteroatoms. The van der Waals surface area contributed by atoms with Crippen molar-refractivity contribution in [2.24, 2.45) is 0 Å². The molecule has 0 aliphatic rings. The molecule has 156 valence electrons. The van der Waals surface area contributed by atoms with Crippen LogP contribution in [0.1, 0.15) is 11.1 Å². The zero-order chi connectivity index (χ0) is 21.5. The second-order valence-electron chi connectivity index (χ2n) is 6.34. The largest absolute Gasteiger partial charge is 0.496 e. The monoisotopic (exact) mass is 408 g/mol. The van der Waals surface area contributed by atoms with Crippen LogP contribution in [0.2, 0.25) is 0 Å². The van der Waals surface area contributed by atoms with Gasteiger partial charge in [-0.15, -0.1) is 0 Å². The van der Waals surface area contributed by atoms with E-state index in [-0.39, 0.29) is 6.61 Å². The standard InChI is InChI=1S/C24H24O6/c1-26-18-11-12-19(27-2)23-22(18)20(28-3)14-17(24(23)29-4)15-30-21(25)13-10-16-8-6-5-7-9-16/h5-14H,15H2,1-4H3. The Morgan fingerprint density at radius 2 is 1.43 bits per heavy atom. The summed E-state index contributed by atoms with van der Waals surface area (Å²) in [7, 11) is 6.29. The Balaban J connectivity index is 1.95. The van der Waals surface area contributed by atoms with Crippen molar-refractivity contribution in [3.05, 3.63) is 65.7 Å². The number of esters is 1. The maximum absolute atomic E-state index is 12.2. The van der Waals surface area contributed by atoms with E-state index in [0.29, 0.717) is 33.9 Å². The van der Waals surface area contributed by atoms with Crippen molar-refractivity contribution in [2.45, 2.75) is 6.61 Å². The zero-order valence-electron chi connectivity index (χ0n) is 17.4. The van der Waals surface area contributed by atoms with Crippen LogP contribution in [0.4, 0.5) is 0 Å². The van der Waals surface area contributed by atoms with Gasteiger partial charge in [0.05, 0.1) is 39.2 Å². The van der Waals surface area contributed by atoms with Crippen molar-refractivity contribution >= 4 is 22.8 Å². The Labute approximate surface area is 175 Å². The number of ether oxygens (including phenoxy) is 5. The molecule has 0 saturated carbocycles. The lowest BCUT2D eigenvalue weighted by Crippen LogP contribution is -2.04. The molecule has 0 unspecified atom stereocenters. The summed E-state index contributed by atoms with van der Waals surface area (Å²) in [6.07, 6.45) is 3.10. The molecular formula is C24H24O6. The third kappa shape index (κ3) is 4.33. The van der Waals surface area contributed by atoms with E-state index < -0.39 is 5.97 Å². The van der Waals surface area contributed by atoms with E-state index in [0.717, 1.165) is 10.9 Å². The Hall–Kier alpha value is -3.67. The number of methoxy groups -OCH3 is 4. The number of rotatable bonds is 8. The van der Waals surface area contributed by atoms with Gasteiger partial charge in [0.15, 0.2) is 0 Å². The Morgan fingerprint density at radius 1 is 0.800 bits per heavy atom. The van der Waals surface area contributed by atoms with Gasteiger partial charge in [0.1, 0.15) is 29.6 Å². The smallest absolute Gasteiger partial charge is 0.331 e. The first-order valence-corrected chi connectivity index (χ1v) is 9.31. The van der Waals surface area contributed by atoms with Gasteiger partial charge in [-0.2, -0.15) is 0 Å². The summed E-state index contributed by atoms with van der Waals surface area (Å²) in [4.78, 5) is 12.2. The van der Waals surface area contributed by atoms with Gasteiger partial charge in [-0.3, -0.25) is 0 Å². The molecule has 0 bridgehead atoms. The number of hydrogen-bond acceptors (Lipinski definition) is 6. The Morgan fingerprint density at radius 3 is 2.03 bits per heavy atom. The fourth-order valence-electron chi connectivity index (χ4n) is 3.26. The molecule has 3 aromatic carbocycles. The van der Waals surface area contributed by atoms with Crippen molar-refractivity contribution in [3.63, 3.8) is 0 Å². The Kier molecular flexibility index (Phi) is 6.80. The normalized spacial score (nSPS) is 10.8. The number of hydrogen-bond donors (Lipinski definition) is 0. The van der Waals surface area contributed by atoms with Crippen molar-refractivity contribution in [2.75, 3.05) is 28.4 Å². The van der Waals surface area contributed by atoms with Gasteiger partial charge in [-0.1, -0.05) is 30.3 Å². The molecule has 0 spiro atoms. The first-order chi connectivity index (χ1) is 14.6. The molecule has 0 saturated heterocycles. The van der Waals surface area contributed by atoms with Crippen molar-refractivity contribution < 1.29 is 28.5 Å². The quantitative estimate of drug-likeness (QED) is 0.400. The van der Waals surface area contributed by atoms with Crippen LogP contribution >= 0.6 is 0 Å². The molecule has 3 aromatic rings. The summed E-state index contributed by atoms with van der Waals surface area (Å²) in [5.74, 6) is 1.85. The van der Waals surface area contributed by atoms with Gasteiger partial charge in [-0.05, 0) is 29.8 Å². The summed E-state index contributed by atoms with van der Waals surface area (Å²) < 4.78 is 27.7. The fraction of sp³-hybridized carbons (Fsp3) is 0.208. The molecule has 3 rings (SSSR count). The van der Waals surface area contributed by atoms with Crippen molar-refractivity contribution in [1.29, 1.82) is 0 Å². The fourth-order valence-corrected chi connectivity index (χ4v) is 3.26. The highest BCUT2D eigenvalue weighted by Gasteiger charge is 2.21. The summed E-state index contributed by atoms with van der Waals surface area (Å²) >= 11 is 0. The van der Waals surface area contributed by atoms with Gasteiger partial charge in [0.2, 0.25) is 0 Å². The van der Waals surface area contributed by atoms with Gasteiger partial charge < -0.3 is 23.7 Å². The highest BCUT2D eigenvalue weighted by atomic mass is 16.5. The summed E-state index contributed by atoms with van der Waals surface area (Å²) in [6.45, 7) is 0.00774. The van der Waals surface area contributed by atoms with Crippen LogP contribution in [-0.2, 0) is 16.1 Å². The molecule has 30 heavy (non-hydrogen) atoms. The molecule has 0 atom stereocenters. The number of carbonyl (C=O) groups excluding carboxylic acids is 1. The van der Waals surface area contributed by atoms with Gasteiger partial charge in [0.25, 0.3) is 0 Å². The van der Waals surface area contributed by atoms with Crippen LogP contribution in [0.5, 0.6) is 23.0 Å². The van der Waals surface area contributed by atoms with Crippen LogP contribution < -0.4 is 18.9 Å². The third-order valence-corrected chi connectivity index (χ3v) is 4.64. The second kappa shape index (κ2) is 9.69. The van der Waals surface area contributed by atoms with Gasteiger partial charge in [-0.25, -0.2) is 4.79 Å². The molecule has 0 radical (unpaired) electrons. The maximum atomic E-state index is 12.2. The molecule has 0 aromatic heterocycles. The maximum Gasteiger partial charge on any atom is 0.331 e. The second-order valence-corrected chi connectivity index (χ2v) is 6.34. The lowest BCUT2D eigenvalue weighted by molar-refractivity contribution is -0.138. The first-order valence-electron chi connectivity index (χ1n) is 9.31. The van der Waals surface area contributed by atoms with Crippen LogP contribution in [-0.4, -0.2) is 34.4 Å². The van der Waals surface area contributed by atoms with E-state index >= 15 is 0 Å². The van der Waals surface area contributed by atoms with E-state index in [9.17, 15) is 4.79 Å². The minimum atomic E-state index is -0.461. The molecule has 0 amide bonds. The van der Waals surface area contributed by atoms with Crippen LogP contribution in [0.3, 0.4) is 0 Å². The Bertz CT molecular complexity index is 1060. The minimum Gasteiger partial charge on any atom is -0.496 e. The van der Waals surface area contributed by atoms with E-state index in [4.69, 9.17) is 23.7 Å². The predicted octanol–water partition coefficient (Wildman–Crippen LogP) is 4.63. The molecule has 6 nitrogen and oxygen atoms in total. The summed E-state index contributed by atoms with van der Waals surface area (Å²) in [5.41, 5.74) is 1.56. The van der Waals surface area contributed by atoms with Crippen LogP contribution in [0, 0.1) is 0 Å². The number of carbonyl (C=O) groups is 1. The van der Waals surface area contributed by atoms with Gasteiger partial charge in [0, 0.05) is 11.6 Å². The van der Waals surface area contributed by atoms with Gasteiger partial charge >= 0.3 is 5.97 Å². The third-order valence-electron chi connectivity index (χ3n) is 4.64. The van der Waals surface area contributed by atoms with E-state index in [1.54, 1.807) is 52.7 Å².